The predicted molar refractivity (Wildman–Crippen MR) is 48.0 cm³/mol. The maximum Gasteiger partial charge on any atom is 0.358 e. The van der Waals surface area contributed by atoms with Crippen molar-refractivity contribution in [3.8, 4) is 0 Å². The molecular formula is C8H13N3O3. The Bertz CT molecular complexity index is 335. The van der Waals surface area contributed by atoms with Crippen LogP contribution in [0.1, 0.15) is 23.1 Å². The fourth-order valence-corrected chi connectivity index (χ4v) is 1.08. The Labute approximate surface area is 81.2 Å². The van der Waals surface area contributed by atoms with E-state index in [0.29, 0.717) is 12.2 Å². The van der Waals surface area contributed by atoms with Crippen molar-refractivity contribution in [2.24, 2.45) is 5.92 Å². The Morgan fingerprint density at radius 1 is 1.64 bits per heavy atom. The average molecular weight is 199 g/mol. The summed E-state index contributed by atoms with van der Waals surface area (Å²) in [5.74, 6) is -1.04. The first-order valence-electron chi connectivity index (χ1n) is 4.30. The minimum Gasteiger partial charge on any atom is -0.476 e. The average Bonchev–Trinajstić information content (AvgIpc) is 2.48. The number of carbonyl (C=O) groups is 1. The molecule has 1 heterocycles. The standard InChI is InChI=1S/C8H13N3O3/c1-5(4-12)3-11-6(2)7(8(13)14)9-10-11/h5,12H,3-4H2,1-2H3,(H,13,14). The van der Waals surface area contributed by atoms with Crippen LogP contribution in [0.15, 0.2) is 0 Å². The predicted octanol–water partition coefficient (Wildman–Crippen LogP) is -0.0869. The summed E-state index contributed by atoms with van der Waals surface area (Å²) in [6.07, 6.45) is 0. The highest BCUT2D eigenvalue weighted by molar-refractivity contribution is 5.86. The Hall–Kier alpha value is -1.43. The number of hydrogen-bond acceptors (Lipinski definition) is 4. The van der Waals surface area contributed by atoms with Crippen molar-refractivity contribution in [2.75, 3.05) is 6.61 Å². The van der Waals surface area contributed by atoms with Crippen molar-refractivity contribution in [3.05, 3.63) is 11.4 Å². The molecule has 6 heteroatoms. The van der Waals surface area contributed by atoms with Gasteiger partial charge in [0.1, 0.15) is 0 Å². The van der Waals surface area contributed by atoms with Crippen LogP contribution in [-0.2, 0) is 6.54 Å². The summed E-state index contributed by atoms with van der Waals surface area (Å²) in [6, 6.07) is 0. The quantitative estimate of drug-likeness (QED) is 0.707. The van der Waals surface area contributed by atoms with E-state index < -0.39 is 5.97 Å². The van der Waals surface area contributed by atoms with Crippen molar-refractivity contribution in [2.45, 2.75) is 20.4 Å². The number of nitrogens with zero attached hydrogens (tertiary/aromatic N) is 3. The van der Waals surface area contributed by atoms with Gasteiger partial charge in [-0.05, 0) is 12.8 Å². The monoisotopic (exact) mass is 199 g/mol. The van der Waals surface area contributed by atoms with E-state index >= 15 is 0 Å². The van der Waals surface area contributed by atoms with Gasteiger partial charge in [-0.25, -0.2) is 9.48 Å². The van der Waals surface area contributed by atoms with Crippen LogP contribution in [0.3, 0.4) is 0 Å². The van der Waals surface area contributed by atoms with Crippen LogP contribution in [0, 0.1) is 12.8 Å². The molecule has 0 aliphatic carbocycles. The summed E-state index contributed by atoms with van der Waals surface area (Å²) < 4.78 is 1.49. The van der Waals surface area contributed by atoms with E-state index in [9.17, 15) is 4.79 Å². The highest BCUT2D eigenvalue weighted by Crippen LogP contribution is 2.06. The molecule has 2 N–H and O–H groups in total. The molecule has 0 radical (unpaired) electrons. The molecule has 14 heavy (non-hydrogen) atoms. The third-order valence-corrected chi connectivity index (χ3v) is 1.98. The second kappa shape index (κ2) is 4.19. The molecule has 6 nitrogen and oxygen atoms in total. The lowest BCUT2D eigenvalue weighted by Crippen LogP contribution is -2.14. The number of carboxylic acids is 1. The summed E-state index contributed by atoms with van der Waals surface area (Å²) in [5, 5.41) is 24.8. The van der Waals surface area contributed by atoms with Crippen LogP contribution in [0.25, 0.3) is 0 Å². The van der Waals surface area contributed by atoms with Crippen LogP contribution >= 0.6 is 0 Å². The summed E-state index contributed by atoms with van der Waals surface area (Å²) >= 11 is 0. The highest BCUT2D eigenvalue weighted by atomic mass is 16.4. The van der Waals surface area contributed by atoms with Crippen molar-refractivity contribution in [1.29, 1.82) is 0 Å². The van der Waals surface area contributed by atoms with Gasteiger partial charge < -0.3 is 10.2 Å². The maximum absolute atomic E-state index is 10.6. The molecule has 0 spiro atoms. The Morgan fingerprint density at radius 3 is 2.71 bits per heavy atom. The van der Waals surface area contributed by atoms with Crippen molar-refractivity contribution < 1.29 is 15.0 Å². The first-order valence-corrected chi connectivity index (χ1v) is 4.30. The number of aromatic nitrogens is 3. The molecule has 0 aromatic carbocycles. The fraction of sp³-hybridized carbons (Fsp3) is 0.625. The lowest BCUT2D eigenvalue weighted by molar-refractivity contribution is 0.0689. The second-order valence-electron chi connectivity index (χ2n) is 3.30. The van der Waals surface area contributed by atoms with E-state index in [4.69, 9.17) is 10.2 Å². The topological polar surface area (TPSA) is 88.2 Å². The Kier molecular flexibility index (Phi) is 3.19. The van der Waals surface area contributed by atoms with E-state index in [1.807, 2.05) is 6.92 Å². The number of carboxylic acid groups (broad SMARTS) is 1. The molecule has 1 unspecified atom stereocenters. The third-order valence-electron chi connectivity index (χ3n) is 1.98. The molecule has 0 aliphatic rings. The molecule has 1 aromatic rings. The molecule has 0 bridgehead atoms. The number of rotatable bonds is 4. The summed E-state index contributed by atoms with van der Waals surface area (Å²) in [7, 11) is 0. The minimum absolute atomic E-state index is 0.0323. The second-order valence-corrected chi connectivity index (χ2v) is 3.30. The van der Waals surface area contributed by atoms with Crippen LogP contribution < -0.4 is 0 Å². The van der Waals surface area contributed by atoms with Crippen LogP contribution in [0.4, 0.5) is 0 Å². The van der Waals surface area contributed by atoms with E-state index in [0.717, 1.165) is 0 Å². The van der Waals surface area contributed by atoms with Crippen LogP contribution in [0.2, 0.25) is 0 Å². The highest BCUT2D eigenvalue weighted by Gasteiger charge is 2.15. The fourth-order valence-electron chi connectivity index (χ4n) is 1.08. The van der Waals surface area contributed by atoms with Crippen molar-refractivity contribution in [3.63, 3.8) is 0 Å². The largest absolute Gasteiger partial charge is 0.476 e. The molecule has 0 saturated carbocycles. The lowest BCUT2D eigenvalue weighted by Gasteiger charge is -2.08. The zero-order valence-corrected chi connectivity index (χ0v) is 8.14. The number of aromatic carboxylic acids is 1. The van der Waals surface area contributed by atoms with Gasteiger partial charge in [-0.3, -0.25) is 0 Å². The van der Waals surface area contributed by atoms with Gasteiger partial charge >= 0.3 is 5.97 Å². The Morgan fingerprint density at radius 2 is 2.29 bits per heavy atom. The molecule has 0 aliphatic heterocycles. The first-order chi connectivity index (χ1) is 6.56. The number of hydrogen-bond donors (Lipinski definition) is 2. The molecule has 1 atom stereocenters. The van der Waals surface area contributed by atoms with E-state index in [2.05, 4.69) is 10.3 Å². The number of aliphatic hydroxyl groups excluding tert-OH is 1. The maximum atomic E-state index is 10.6. The zero-order valence-electron chi connectivity index (χ0n) is 8.14. The summed E-state index contributed by atoms with van der Waals surface area (Å²) in [6.45, 7) is 4.01. The van der Waals surface area contributed by atoms with Gasteiger partial charge in [-0.1, -0.05) is 12.1 Å². The van der Waals surface area contributed by atoms with Gasteiger partial charge in [0.15, 0.2) is 5.69 Å². The van der Waals surface area contributed by atoms with Gasteiger partial charge in [-0.15, -0.1) is 5.10 Å². The zero-order chi connectivity index (χ0) is 10.7. The normalized spacial score (nSPS) is 12.8. The summed E-state index contributed by atoms with van der Waals surface area (Å²) in [4.78, 5) is 10.6. The van der Waals surface area contributed by atoms with Crippen molar-refractivity contribution in [1.82, 2.24) is 15.0 Å². The minimum atomic E-state index is -1.08. The van der Waals surface area contributed by atoms with E-state index in [-0.39, 0.29) is 18.2 Å². The SMILES string of the molecule is Cc1c(C(=O)O)nnn1CC(C)CO. The molecular weight excluding hydrogens is 186 g/mol. The van der Waals surface area contributed by atoms with E-state index in [1.54, 1.807) is 6.92 Å². The first kappa shape index (κ1) is 10.6. The smallest absolute Gasteiger partial charge is 0.358 e. The van der Waals surface area contributed by atoms with Crippen molar-refractivity contribution >= 4 is 5.97 Å². The molecule has 0 saturated heterocycles. The van der Waals surface area contributed by atoms with Gasteiger partial charge in [0.2, 0.25) is 0 Å². The molecule has 0 fully saturated rings. The Balaban J connectivity index is 2.84. The van der Waals surface area contributed by atoms with Gasteiger partial charge in [0, 0.05) is 13.2 Å². The third kappa shape index (κ3) is 2.08. The molecule has 1 rings (SSSR count). The van der Waals surface area contributed by atoms with Gasteiger partial charge in [-0.2, -0.15) is 0 Å². The van der Waals surface area contributed by atoms with Crippen LogP contribution in [-0.4, -0.2) is 37.8 Å². The van der Waals surface area contributed by atoms with Gasteiger partial charge in [0.25, 0.3) is 0 Å². The van der Waals surface area contributed by atoms with Crippen LogP contribution in [0.5, 0.6) is 0 Å². The van der Waals surface area contributed by atoms with Gasteiger partial charge in [0.05, 0.1) is 5.69 Å². The molecule has 0 amide bonds. The molecule has 1 aromatic heterocycles. The lowest BCUT2D eigenvalue weighted by atomic mass is 10.2. The molecule has 78 valence electrons. The number of aliphatic hydroxyl groups is 1. The summed E-state index contributed by atoms with van der Waals surface area (Å²) in [5.41, 5.74) is 0.480. The van der Waals surface area contributed by atoms with E-state index in [1.165, 1.54) is 4.68 Å².